The van der Waals surface area contributed by atoms with Crippen molar-refractivity contribution in [3.05, 3.63) is 33.4 Å². The van der Waals surface area contributed by atoms with Crippen molar-refractivity contribution in [1.82, 2.24) is 0 Å². The molecule has 0 atom stereocenters. The van der Waals surface area contributed by atoms with Gasteiger partial charge in [-0.25, -0.2) is 0 Å². The number of hydrogen-bond acceptors (Lipinski definition) is 4. The summed E-state index contributed by atoms with van der Waals surface area (Å²) < 4.78 is 0. The second-order valence-corrected chi connectivity index (χ2v) is 3.17. The summed E-state index contributed by atoms with van der Waals surface area (Å²) in [5.41, 5.74) is 0.641. The topological polar surface area (TPSA) is 89.3 Å². The number of fused-ring (bicyclic) bond motifs is 1. The Morgan fingerprint density at radius 3 is 2.60 bits per heavy atom. The van der Waals surface area contributed by atoms with Gasteiger partial charge in [-0.15, -0.1) is 0 Å². The number of Topliss-reactive ketones (excluding diaryl/α,β-unsaturated/α-hetero) is 1. The van der Waals surface area contributed by atoms with E-state index in [1.165, 1.54) is 19.1 Å². The third kappa shape index (κ3) is 1.18. The molecule has 1 aromatic rings. The van der Waals surface area contributed by atoms with Crippen molar-refractivity contribution < 1.29 is 14.5 Å². The Morgan fingerprint density at radius 1 is 1.33 bits per heavy atom. The second kappa shape index (κ2) is 2.88. The average Bonchev–Trinajstić information content (AvgIpc) is 2.45. The number of nitrogens with zero attached hydrogens (tertiary/aromatic N) is 1. The average molecular weight is 206 g/mol. The summed E-state index contributed by atoms with van der Waals surface area (Å²) in [6.45, 7) is 1.50. The van der Waals surface area contributed by atoms with Gasteiger partial charge in [0.2, 0.25) is 0 Å². The van der Waals surface area contributed by atoms with Gasteiger partial charge >= 0.3 is 0 Å². The number of hydrogen-bond donors (Lipinski definition) is 1. The minimum atomic E-state index is -0.742. The standard InChI is InChI=1S/C9H6N2O4/c1-4-6(11(14)15)3-2-5-7(4)10-9(13)8(5)12/h2-3H,1H3,(H,10,12,13). The van der Waals surface area contributed by atoms with Gasteiger partial charge in [0.25, 0.3) is 17.4 Å². The fourth-order valence-corrected chi connectivity index (χ4v) is 1.54. The largest absolute Gasteiger partial charge is 0.318 e. The molecule has 0 aliphatic carbocycles. The lowest BCUT2D eigenvalue weighted by molar-refractivity contribution is -0.385. The minimum Gasteiger partial charge on any atom is -0.318 e. The Bertz CT molecular complexity index is 507. The minimum absolute atomic E-state index is 0.108. The van der Waals surface area contributed by atoms with Gasteiger partial charge in [-0.05, 0) is 13.0 Å². The maximum absolute atomic E-state index is 11.2. The van der Waals surface area contributed by atoms with E-state index in [0.29, 0.717) is 5.56 Å². The van der Waals surface area contributed by atoms with Crippen molar-refractivity contribution in [2.45, 2.75) is 6.92 Å². The Labute approximate surface area is 84.0 Å². The van der Waals surface area contributed by atoms with Crippen LogP contribution in [-0.4, -0.2) is 16.6 Å². The highest BCUT2D eigenvalue weighted by Gasteiger charge is 2.31. The molecular weight excluding hydrogens is 200 g/mol. The van der Waals surface area contributed by atoms with Crippen LogP contribution in [0.3, 0.4) is 0 Å². The first-order chi connectivity index (χ1) is 7.02. The van der Waals surface area contributed by atoms with Gasteiger partial charge in [0.1, 0.15) is 0 Å². The number of nitro groups is 1. The molecule has 1 aliphatic heterocycles. The van der Waals surface area contributed by atoms with Crippen LogP contribution in [0.5, 0.6) is 0 Å². The van der Waals surface area contributed by atoms with Crippen LogP contribution in [0.2, 0.25) is 0 Å². The third-order valence-corrected chi connectivity index (χ3v) is 2.32. The normalized spacial score (nSPS) is 13.7. The van der Waals surface area contributed by atoms with Crippen LogP contribution in [0.25, 0.3) is 0 Å². The number of carbonyl (C=O) groups is 2. The molecule has 2 rings (SSSR count). The summed E-state index contributed by atoms with van der Waals surface area (Å²) in [7, 11) is 0. The predicted octanol–water partition coefficient (Wildman–Crippen LogP) is 1.04. The Hall–Kier alpha value is -2.24. The quantitative estimate of drug-likeness (QED) is 0.422. The van der Waals surface area contributed by atoms with Crippen molar-refractivity contribution in [1.29, 1.82) is 0 Å². The number of amides is 1. The molecule has 0 bridgehead atoms. The maximum atomic E-state index is 11.2. The summed E-state index contributed by atoms with van der Waals surface area (Å²) in [6.07, 6.45) is 0. The molecule has 0 fully saturated rings. The SMILES string of the molecule is Cc1c([N+](=O)[O-])ccc2c1NC(=O)C2=O. The van der Waals surface area contributed by atoms with Crippen molar-refractivity contribution in [3.8, 4) is 0 Å². The molecule has 6 heteroatoms. The fraction of sp³-hybridized carbons (Fsp3) is 0.111. The van der Waals surface area contributed by atoms with Gasteiger partial charge in [-0.1, -0.05) is 0 Å². The molecule has 1 aliphatic rings. The van der Waals surface area contributed by atoms with E-state index < -0.39 is 16.6 Å². The molecule has 76 valence electrons. The van der Waals surface area contributed by atoms with Crippen LogP contribution in [0, 0.1) is 17.0 Å². The molecule has 0 spiro atoms. The molecular formula is C9H6N2O4. The summed E-state index contributed by atoms with van der Waals surface area (Å²) in [4.78, 5) is 32.3. The van der Waals surface area contributed by atoms with Crippen LogP contribution in [0.1, 0.15) is 15.9 Å². The van der Waals surface area contributed by atoms with Gasteiger partial charge in [0, 0.05) is 6.07 Å². The zero-order chi connectivity index (χ0) is 11.2. The molecule has 1 N–H and O–H groups in total. The first kappa shape index (κ1) is 9.32. The second-order valence-electron chi connectivity index (χ2n) is 3.17. The van der Waals surface area contributed by atoms with E-state index in [1.54, 1.807) is 0 Å². The van der Waals surface area contributed by atoms with Gasteiger partial charge < -0.3 is 5.32 Å². The molecule has 0 saturated heterocycles. The number of carbonyl (C=O) groups excluding carboxylic acids is 2. The van der Waals surface area contributed by atoms with E-state index in [4.69, 9.17) is 0 Å². The number of benzene rings is 1. The third-order valence-electron chi connectivity index (χ3n) is 2.32. The summed E-state index contributed by atoms with van der Waals surface area (Å²) in [5, 5.41) is 12.9. The van der Waals surface area contributed by atoms with E-state index in [1.807, 2.05) is 0 Å². The summed E-state index contributed by atoms with van der Waals surface area (Å²) in [5.74, 6) is -1.39. The Kier molecular flexibility index (Phi) is 1.79. The van der Waals surface area contributed by atoms with Gasteiger partial charge in [-0.2, -0.15) is 0 Å². The van der Waals surface area contributed by atoms with Crippen molar-refractivity contribution >= 4 is 23.1 Å². The fourth-order valence-electron chi connectivity index (χ4n) is 1.54. The molecule has 0 radical (unpaired) electrons. The first-order valence-corrected chi connectivity index (χ1v) is 4.16. The van der Waals surface area contributed by atoms with Crippen molar-refractivity contribution in [3.63, 3.8) is 0 Å². The summed E-state index contributed by atoms with van der Waals surface area (Å²) >= 11 is 0. The van der Waals surface area contributed by atoms with E-state index in [-0.39, 0.29) is 16.9 Å². The number of rotatable bonds is 1. The maximum Gasteiger partial charge on any atom is 0.296 e. The van der Waals surface area contributed by atoms with Crippen LogP contribution in [0.15, 0.2) is 12.1 Å². The zero-order valence-electron chi connectivity index (χ0n) is 7.73. The Balaban J connectivity index is 2.67. The Morgan fingerprint density at radius 2 is 2.00 bits per heavy atom. The van der Waals surface area contributed by atoms with Crippen LogP contribution < -0.4 is 5.32 Å². The zero-order valence-corrected chi connectivity index (χ0v) is 7.73. The molecule has 1 amide bonds. The lowest BCUT2D eigenvalue weighted by atomic mass is 10.1. The highest BCUT2D eigenvalue weighted by molar-refractivity contribution is 6.51. The van der Waals surface area contributed by atoms with Crippen LogP contribution in [0.4, 0.5) is 11.4 Å². The molecule has 6 nitrogen and oxygen atoms in total. The molecule has 0 aromatic heterocycles. The molecule has 15 heavy (non-hydrogen) atoms. The number of nitrogens with one attached hydrogen (secondary N) is 1. The highest BCUT2D eigenvalue weighted by Crippen LogP contribution is 2.32. The van der Waals surface area contributed by atoms with E-state index in [9.17, 15) is 19.7 Å². The first-order valence-electron chi connectivity index (χ1n) is 4.16. The molecule has 1 aromatic carbocycles. The van der Waals surface area contributed by atoms with Gasteiger partial charge in [0.15, 0.2) is 0 Å². The molecule has 0 unspecified atom stereocenters. The highest BCUT2D eigenvalue weighted by atomic mass is 16.6. The number of nitro benzene ring substituents is 1. The van der Waals surface area contributed by atoms with Crippen molar-refractivity contribution in [2.24, 2.45) is 0 Å². The van der Waals surface area contributed by atoms with Crippen molar-refractivity contribution in [2.75, 3.05) is 5.32 Å². The lowest BCUT2D eigenvalue weighted by Gasteiger charge is -2.02. The summed E-state index contributed by atoms with van der Waals surface area (Å²) in [6, 6.07) is 2.52. The predicted molar refractivity (Wildman–Crippen MR) is 50.8 cm³/mol. The van der Waals surface area contributed by atoms with Gasteiger partial charge in [0.05, 0.1) is 21.7 Å². The molecule has 0 saturated carbocycles. The van der Waals surface area contributed by atoms with Crippen LogP contribution >= 0.6 is 0 Å². The number of ketones is 1. The van der Waals surface area contributed by atoms with E-state index in [0.717, 1.165) is 0 Å². The monoisotopic (exact) mass is 206 g/mol. The van der Waals surface area contributed by atoms with Gasteiger partial charge in [-0.3, -0.25) is 19.7 Å². The number of anilines is 1. The smallest absolute Gasteiger partial charge is 0.296 e. The lowest BCUT2D eigenvalue weighted by Crippen LogP contribution is -2.12. The van der Waals surface area contributed by atoms with E-state index in [2.05, 4.69) is 5.32 Å². The van der Waals surface area contributed by atoms with Crippen LogP contribution in [-0.2, 0) is 4.79 Å². The van der Waals surface area contributed by atoms with E-state index >= 15 is 0 Å². The molecule has 1 heterocycles.